The summed E-state index contributed by atoms with van der Waals surface area (Å²) in [6.07, 6.45) is 3.77. The quantitative estimate of drug-likeness (QED) is 0.789. The van der Waals surface area contributed by atoms with Crippen LogP contribution in [0.3, 0.4) is 0 Å². The van der Waals surface area contributed by atoms with Crippen LogP contribution in [0, 0.1) is 11.8 Å². The Morgan fingerprint density at radius 3 is 2.29 bits per heavy atom. The van der Waals surface area contributed by atoms with Gasteiger partial charge in [-0.05, 0) is 25.7 Å². The van der Waals surface area contributed by atoms with Crippen molar-refractivity contribution >= 4 is 21.9 Å². The molecule has 21 heavy (non-hydrogen) atoms. The average Bonchev–Trinajstić information content (AvgIpc) is 2.46. The van der Waals surface area contributed by atoms with Gasteiger partial charge in [-0.2, -0.15) is 0 Å². The maximum atomic E-state index is 12.5. The molecule has 2 saturated heterocycles. The first kappa shape index (κ1) is 16.2. The first-order chi connectivity index (χ1) is 9.79. The van der Waals surface area contributed by atoms with Crippen molar-refractivity contribution in [2.75, 3.05) is 32.4 Å². The maximum Gasteiger partial charge on any atom is 0.308 e. The lowest BCUT2D eigenvalue weighted by atomic mass is 9.94. The molecule has 1 amide bonds. The lowest BCUT2D eigenvalue weighted by Gasteiger charge is -2.36. The minimum Gasteiger partial charge on any atom is -0.481 e. The highest BCUT2D eigenvalue weighted by molar-refractivity contribution is 7.88. The third kappa shape index (κ3) is 3.94. The molecule has 0 radical (unpaired) electrons. The summed E-state index contributed by atoms with van der Waals surface area (Å²) in [6.45, 7) is 1.48. The molecule has 0 aliphatic carbocycles. The Morgan fingerprint density at radius 1 is 1.05 bits per heavy atom. The zero-order chi connectivity index (χ0) is 15.6. The first-order valence-electron chi connectivity index (χ1n) is 7.25. The van der Waals surface area contributed by atoms with E-state index in [1.807, 2.05) is 0 Å². The summed E-state index contributed by atoms with van der Waals surface area (Å²) in [6, 6.07) is 0. The van der Waals surface area contributed by atoms with Crippen LogP contribution in [0.4, 0.5) is 0 Å². The van der Waals surface area contributed by atoms with Crippen LogP contribution < -0.4 is 0 Å². The zero-order valence-corrected chi connectivity index (χ0v) is 13.0. The standard InChI is InChI=1S/C13H22N2O5S/c1-21(19,20)15-7-3-4-10(9-15)12(16)14-6-2-5-11(8-14)13(17)18/h10-11H,2-9H2,1H3,(H,17,18)/t10-,11+/m1/s1. The SMILES string of the molecule is CS(=O)(=O)N1CCC[C@@H](C(=O)N2CCC[C@H](C(=O)O)C2)C1. The van der Waals surface area contributed by atoms with Crippen molar-refractivity contribution in [1.82, 2.24) is 9.21 Å². The van der Waals surface area contributed by atoms with E-state index in [0.717, 1.165) is 6.26 Å². The molecule has 0 unspecified atom stereocenters. The number of hydrogen-bond acceptors (Lipinski definition) is 4. The first-order valence-corrected chi connectivity index (χ1v) is 9.10. The van der Waals surface area contributed by atoms with Crippen molar-refractivity contribution in [2.24, 2.45) is 11.8 Å². The molecule has 0 aromatic carbocycles. The smallest absolute Gasteiger partial charge is 0.308 e. The molecule has 2 aliphatic rings. The predicted molar refractivity (Wildman–Crippen MR) is 76.1 cm³/mol. The molecule has 0 spiro atoms. The van der Waals surface area contributed by atoms with Crippen molar-refractivity contribution in [2.45, 2.75) is 25.7 Å². The number of rotatable bonds is 3. The number of carboxylic acid groups (broad SMARTS) is 1. The van der Waals surface area contributed by atoms with Gasteiger partial charge in [0.15, 0.2) is 0 Å². The second-order valence-electron chi connectivity index (χ2n) is 5.92. The van der Waals surface area contributed by atoms with Crippen molar-refractivity contribution in [1.29, 1.82) is 0 Å². The van der Waals surface area contributed by atoms with Gasteiger partial charge in [-0.3, -0.25) is 9.59 Å². The van der Waals surface area contributed by atoms with Crippen LogP contribution in [0.15, 0.2) is 0 Å². The van der Waals surface area contributed by atoms with Crippen molar-refractivity contribution < 1.29 is 23.1 Å². The molecule has 0 aromatic rings. The lowest BCUT2D eigenvalue weighted by molar-refractivity contribution is -0.147. The topological polar surface area (TPSA) is 95.0 Å². The third-order valence-electron chi connectivity index (χ3n) is 4.28. The number of piperidine rings is 2. The fourth-order valence-electron chi connectivity index (χ4n) is 3.08. The molecule has 1 N–H and O–H groups in total. The van der Waals surface area contributed by atoms with Gasteiger partial charge in [0.05, 0.1) is 18.1 Å². The highest BCUT2D eigenvalue weighted by Crippen LogP contribution is 2.24. The maximum absolute atomic E-state index is 12.5. The largest absolute Gasteiger partial charge is 0.481 e. The summed E-state index contributed by atoms with van der Waals surface area (Å²) in [4.78, 5) is 25.2. The number of carbonyl (C=O) groups is 2. The van der Waals surface area contributed by atoms with Crippen LogP contribution in [0.5, 0.6) is 0 Å². The molecule has 2 atom stereocenters. The summed E-state index contributed by atoms with van der Waals surface area (Å²) in [7, 11) is -3.28. The van der Waals surface area contributed by atoms with Crippen molar-refractivity contribution in [3.63, 3.8) is 0 Å². The van der Waals surface area contributed by atoms with Gasteiger partial charge >= 0.3 is 5.97 Å². The van der Waals surface area contributed by atoms with Gasteiger partial charge < -0.3 is 10.0 Å². The highest BCUT2D eigenvalue weighted by atomic mass is 32.2. The Bertz CT molecular complexity index is 519. The zero-order valence-electron chi connectivity index (χ0n) is 12.2. The number of hydrogen-bond donors (Lipinski definition) is 1. The number of sulfonamides is 1. The van der Waals surface area contributed by atoms with Crippen LogP contribution in [-0.4, -0.2) is 67.0 Å². The van der Waals surface area contributed by atoms with Crippen LogP contribution in [0.25, 0.3) is 0 Å². The number of nitrogens with zero attached hydrogens (tertiary/aromatic N) is 2. The second kappa shape index (κ2) is 6.31. The minimum absolute atomic E-state index is 0.102. The Labute approximate surface area is 125 Å². The van der Waals surface area contributed by atoms with Gasteiger partial charge in [0.1, 0.15) is 0 Å². The molecule has 2 rings (SSSR count). The van der Waals surface area contributed by atoms with Gasteiger partial charge in [0, 0.05) is 26.2 Å². The van der Waals surface area contributed by atoms with Gasteiger partial charge in [-0.25, -0.2) is 12.7 Å². The predicted octanol–water partition coefficient (Wildman–Crippen LogP) is -0.0188. The molecule has 0 aromatic heterocycles. The summed E-state index contributed by atoms with van der Waals surface area (Å²) < 4.78 is 24.5. The van der Waals surface area contributed by atoms with Crippen LogP contribution >= 0.6 is 0 Å². The summed E-state index contributed by atoms with van der Waals surface area (Å²) >= 11 is 0. The van der Waals surface area contributed by atoms with Crippen LogP contribution in [0.1, 0.15) is 25.7 Å². The number of aliphatic carboxylic acids is 1. The molecule has 2 heterocycles. The Balaban J connectivity index is 2.00. The van der Waals surface area contributed by atoms with Gasteiger partial charge in [0.2, 0.25) is 15.9 Å². The van der Waals surface area contributed by atoms with Gasteiger partial charge in [-0.15, -0.1) is 0 Å². The normalized spacial score (nSPS) is 28.3. The number of carbonyl (C=O) groups excluding carboxylic acids is 1. The minimum atomic E-state index is -3.28. The van der Waals surface area contributed by atoms with Crippen molar-refractivity contribution in [3.8, 4) is 0 Å². The summed E-state index contributed by atoms with van der Waals surface area (Å²) in [5, 5.41) is 9.07. The molecule has 2 aliphatic heterocycles. The van der Waals surface area contributed by atoms with E-state index in [1.165, 1.54) is 4.31 Å². The van der Waals surface area contributed by atoms with E-state index in [1.54, 1.807) is 4.90 Å². The van der Waals surface area contributed by atoms with E-state index < -0.39 is 21.9 Å². The summed E-state index contributed by atoms with van der Waals surface area (Å²) in [5.41, 5.74) is 0. The average molecular weight is 318 g/mol. The molecule has 8 heteroatoms. The van der Waals surface area contributed by atoms with E-state index in [9.17, 15) is 18.0 Å². The molecular formula is C13H22N2O5S. The summed E-state index contributed by atoms with van der Waals surface area (Å²) in [5.74, 6) is -1.82. The van der Waals surface area contributed by atoms with Gasteiger partial charge in [0.25, 0.3) is 0 Å². The molecular weight excluding hydrogens is 296 g/mol. The van der Waals surface area contributed by atoms with Crippen LogP contribution in [-0.2, 0) is 19.6 Å². The van der Waals surface area contributed by atoms with E-state index in [-0.39, 0.29) is 24.9 Å². The monoisotopic (exact) mass is 318 g/mol. The molecule has 2 fully saturated rings. The van der Waals surface area contributed by atoms with E-state index in [2.05, 4.69) is 0 Å². The van der Waals surface area contributed by atoms with Gasteiger partial charge in [-0.1, -0.05) is 0 Å². The van der Waals surface area contributed by atoms with E-state index in [4.69, 9.17) is 5.11 Å². The lowest BCUT2D eigenvalue weighted by Crippen LogP contribution is -2.49. The Kier molecular flexibility index (Phi) is 4.88. The number of amides is 1. The van der Waals surface area contributed by atoms with Crippen molar-refractivity contribution in [3.05, 3.63) is 0 Å². The molecule has 7 nitrogen and oxygen atoms in total. The number of likely N-dealkylation sites (tertiary alicyclic amines) is 1. The third-order valence-corrected chi connectivity index (χ3v) is 5.55. The highest BCUT2D eigenvalue weighted by Gasteiger charge is 2.35. The van der Waals surface area contributed by atoms with E-state index in [0.29, 0.717) is 38.8 Å². The van der Waals surface area contributed by atoms with Crippen LogP contribution in [0.2, 0.25) is 0 Å². The second-order valence-corrected chi connectivity index (χ2v) is 7.90. The molecule has 0 saturated carbocycles. The molecule has 120 valence electrons. The number of carboxylic acids is 1. The molecule has 0 bridgehead atoms. The fraction of sp³-hybridized carbons (Fsp3) is 0.846. The Hall–Kier alpha value is -1.15. The fourth-order valence-corrected chi connectivity index (χ4v) is 3.99. The Morgan fingerprint density at radius 2 is 1.67 bits per heavy atom. The van der Waals surface area contributed by atoms with E-state index >= 15 is 0 Å².